The highest BCUT2D eigenvalue weighted by Gasteiger charge is 2.39. The predicted octanol–water partition coefficient (Wildman–Crippen LogP) is 5.20. The number of halogens is 2. The lowest BCUT2D eigenvalue weighted by Crippen LogP contribution is -2.28. The number of nitrogens with one attached hydrogen (secondary N) is 2. The van der Waals surface area contributed by atoms with Gasteiger partial charge in [-0.15, -0.1) is 0 Å². The van der Waals surface area contributed by atoms with E-state index in [-0.39, 0.29) is 24.4 Å². The molecule has 0 fully saturated rings. The zero-order valence-corrected chi connectivity index (χ0v) is 20.0. The Labute approximate surface area is 201 Å². The van der Waals surface area contributed by atoms with E-state index in [0.29, 0.717) is 22.7 Å². The average Bonchev–Trinajstić information content (AvgIpc) is 2.79. The van der Waals surface area contributed by atoms with Crippen molar-refractivity contribution < 1.29 is 17.2 Å². The van der Waals surface area contributed by atoms with Gasteiger partial charge in [0.15, 0.2) is 9.84 Å². The van der Waals surface area contributed by atoms with Gasteiger partial charge in [-0.2, -0.15) is 8.78 Å². The van der Waals surface area contributed by atoms with Crippen molar-refractivity contribution in [1.29, 1.82) is 0 Å². The summed E-state index contributed by atoms with van der Waals surface area (Å²) in [5.74, 6) is -2.58. The molecule has 2 aromatic carbocycles. The topological polar surface area (TPSA) is 96.9 Å². The highest BCUT2D eigenvalue weighted by molar-refractivity contribution is 7.89. The van der Waals surface area contributed by atoms with Crippen molar-refractivity contribution in [3.8, 4) is 11.1 Å². The smallest absolute Gasteiger partial charge is 0.293 e. The van der Waals surface area contributed by atoms with Crippen LogP contribution in [0.25, 0.3) is 22.0 Å². The summed E-state index contributed by atoms with van der Waals surface area (Å²) in [6, 6.07) is 12.7. The number of nitrogens with zero attached hydrogens (tertiary/aromatic N) is 3. The molecular formula is C25H23F2N5O2S. The van der Waals surface area contributed by atoms with E-state index in [2.05, 4.69) is 25.6 Å². The first kappa shape index (κ1) is 23.1. The minimum Gasteiger partial charge on any atom is -0.383 e. The van der Waals surface area contributed by atoms with Gasteiger partial charge in [0.25, 0.3) is 5.92 Å². The number of benzene rings is 2. The van der Waals surface area contributed by atoms with Gasteiger partial charge < -0.3 is 10.6 Å². The summed E-state index contributed by atoms with van der Waals surface area (Å²) in [6.45, 7) is 2.01. The molecule has 35 heavy (non-hydrogen) atoms. The van der Waals surface area contributed by atoms with Crippen LogP contribution < -0.4 is 10.6 Å². The molecule has 3 heterocycles. The summed E-state index contributed by atoms with van der Waals surface area (Å²) < 4.78 is 51.5. The molecule has 1 aliphatic heterocycles. The van der Waals surface area contributed by atoms with Gasteiger partial charge in [0.1, 0.15) is 5.69 Å². The molecule has 0 atom stereocenters. The van der Waals surface area contributed by atoms with E-state index < -0.39 is 15.8 Å². The minimum absolute atomic E-state index is 0.0212. The van der Waals surface area contributed by atoms with Crippen LogP contribution in [0.4, 0.5) is 26.1 Å². The normalized spacial score (nSPS) is 14.9. The van der Waals surface area contributed by atoms with Crippen LogP contribution in [-0.4, -0.2) is 36.2 Å². The second kappa shape index (κ2) is 8.53. The van der Waals surface area contributed by atoms with Crippen LogP contribution in [0.3, 0.4) is 0 Å². The molecule has 2 aromatic heterocycles. The number of sulfone groups is 1. The third kappa shape index (κ3) is 4.79. The fourth-order valence-corrected chi connectivity index (χ4v) is 5.02. The Bertz CT molecular complexity index is 1540. The molecule has 7 nitrogen and oxygen atoms in total. The standard InChI is InChI=1S/C25H23F2N5O2S/c1-15-20(13-29-23-22(15)28-10-9-25(23,26)27)17-5-6-18-12-30-24(32-21(18)11-17)31-19-7-3-16(4-8-19)14-35(2,33)34/h3-8,11-13,28H,9-10,14H2,1-2H3,(H,30,31,32). The van der Waals surface area contributed by atoms with Crippen molar-refractivity contribution in [2.75, 3.05) is 23.4 Å². The first-order chi connectivity index (χ1) is 16.6. The molecular weight excluding hydrogens is 472 g/mol. The zero-order valence-electron chi connectivity index (χ0n) is 19.1. The lowest BCUT2D eigenvalue weighted by atomic mass is 9.95. The molecule has 0 spiro atoms. The van der Waals surface area contributed by atoms with Crippen molar-refractivity contribution in [2.45, 2.75) is 25.0 Å². The van der Waals surface area contributed by atoms with Crippen molar-refractivity contribution in [1.82, 2.24) is 15.0 Å². The molecule has 10 heteroatoms. The molecule has 4 aromatic rings. The van der Waals surface area contributed by atoms with Crippen LogP contribution in [0.2, 0.25) is 0 Å². The van der Waals surface area contributed by atoms with Gasteiger partial charge in [-0.3, -0.25) is 4.98 Å². The summed E-state index contributed by atoms with van der Waals surface area (Å²) >= 11 is 0. The van der Waals surface area contributed by atoms with Crippen LogP contribution in [0, 0.1) is 6.92 Å². The molecule has 0 saturated carbocycles. The molecule has 2 N–H and O–H groups in total. The summed E-state index contributed by atoms with van der Waals surface area (Å²) in [7, 11) is -3.11. The number of anilines is 3. The van der Waals surface area contributed by atoms with E-state index in [1.165, 1.54) is 12.5 Å². The summed E-state index contributed by atoms with van der Waals surface area (Å²) in [4.78, 5) is 13.1. The quantitative estimate of drug-likeness (QED) is 0.393. The molecule has 0 bridgehead atoms. The van der Waals surface area contributed by atoms with Crippen LogP contribution in [0.15, 0.2) is 54.9 Å². The maximum atomic E-state index is 14.3. The third-order valence-electron chi connectivity index (χ3n) is 5.96. The van der Waals surface area contributed by atoms with Gasteiger partial charge in [-0.1, -0.05) is 24.3 Å². The van der Waals surface area contributed by atoms with E-state index >= 15 is 0 Å². The maximum Gasteiger partial charge on any atom is 0.293 e. The van der Waals surface area contributed by atoms with Crippen LogP contribution in [0.5, 0.6) is 0 Å². The number of fused-ring (bicyclic) bond motifs is 2. The van der Waals surface area contributed by atoms with Crippen molar-refractivity contribution in [3.63, 3.8) is 0 Å². The monoisotopic (exact) mass is 495 g/mol. The Morgan fingerprint density at radius 2 is 1.86 bits per heavy atom. The van der Waals surface area contributed by atoms with E-state index in [4.69, 9.17) is 0 Å². The van der Waals surface area contributed by atoms with E-state index in [9.17, 15) is 17.2 Å². The van der Waals surface area contributed by atoms with Crippen molar-refractivity contribution in [3.05, 3.63) is 71.7 Å². The molecule has 0 amide bonds. The van der Waals surface area contributed by atoms with E-state index in [0.717, 1.165) is 27.8 Å². The largest absolute Gasteiger partial charge is 0.383 e. The fraction of sp³-hybridized carbons (Fsp3) is 0.240. The first-order valence-corrected chi connectivity index (χ1v) is 13.1. The van der Waals surface area contributed by atoms with Gasteiger partial charge in [-0.05, 0) is 41.8 Å². The Balaban J connectivity index is 1.44. The van der Waals surface area contributed by atoms with Crippen molar-refractivity contribution >= 4 is 38.1 Å². The Hall–Kier alpha value is -3.66. The molecule has 0 radical (unpaired) electrons. The number of hydrogen-bond acceptors (Lipinski definition) is 7. The van der Waals surface area contributed by atoms with E-state index in [1.54, 1.807) is 30.5 Å². The highest BCUT2D eigenvalue weighted by Crippen LogP contribution is 2.42. The first-order valence-electron chi connectivity index (χ1n) is 11.0. The van der Waals surface area contributed by atoms with Gasteiger partial charge in [0.2, 0.25) is 5.95 Å². The Morgan fingerprint density at radius 1 is 1.09 bits per heavy atom. The average molecular weight is 496 g/mol. The third-order valence-corrected chi connectivity index (χ3v) is 6.82. The molecule has 0 saturated heterocycles. The second-order valence-corrected chi connectivity index (χ2v) is 10.9. The summed E-state index contributed by atoms with van der Waals surface area (Å²) in [5, 5.41) is 7.03. The molecule has 0 unspecified atom stereocenters. The second-order valence-electron chi connectivity index (χ2n) is 8.76. The van der Waals surface area contributed by atoms with Gasteiger partial charge in [-0.25, -0.2) is 18.4 Å². The minimum atomic E-state index is -3.11. The van der Waals surface area contributed by atoms with Gasteiger partial charge in [0, 0.05) is 48.3 Å². The fourth-order valence-electron chi connectivity index (χ4n) is 4.22. The van der Waals surface area contributed by atoms with E-state index in [1.807, 2.05) is 25.1 Å². The van der Waals surface area contributed by atoms with Gasteiger partial charge >= 0.3 is 0 Å². The number of alkyl halides is 2. The molecule has 180 valence electrons. The lowest BCUT2D eigenvalue weighted by Gasteiger charge is -2.27. The molecule has 1 aliphatic rings. The Morgan fingerprint density at radius 3 is 2.60 bits per heavy atom. The summed E-state index contributed by atoms with van der Waals surface area (Å²) in [5.41, 5.74) is 4.58. The number of pyridine rings is 1. The maximum absolute atomic E-state index is 14.3. The summed E-state index contributed by atoms with van der Waals surface area (Å²) in [6.07, 6.45) is 4.12. The van der Waals surface area contributed by atoms with Gasteiger partial charge in [0.05, 0.1) is 17.0 Å². The number of aromatic nitrogens is 3. The van der Waals surface area contributed by atoms with Crippen LogP contribution in [0.1, 0.15) is 23.2 Å². The molecule has 0 aliphatic carbocycles. The highest BCUT2D eigenvalue weighted by atomic mass is 32.2. The molecule has 5 rings (SSSR count). The van der Waals surface area contributed by atoms with Crippen LogP contribution >= 0.6 is 0 Å². The number of hydrogen-bond donors (Lipinski definition) is 2. The predicted molar refractivity (Wildman–Crippen MR) is 133 cm³/mol. The van der Waals surface area contributed by atoms with Crippen LogP contribution in [-0.2, 0) is 21.5 Å². The van der Waals surface area contributed by atoms with Crippen molar-refractivity contribution in [2.24, 2.45) is 0 Å². The zero-order chi connectivity index (χ0) is 24.8. The SMILES string of the molecule is Cc1c(-c2ccc3cnc(Nc4ccc(CS(C)(=O)=O)cc4)nc3c2)cnc2c1NCCC2(F)F. The lowest BCUT2D eigenvalue weighted by molar-refractivity contribution is -0.0168. The Kier molecular flexibility index (Phi) is 5.63. The number of rotatable bonds is 5.